The predicted octanol–water partition coefficient (Wildman–Crippen LogP) is 3.92. The van der Waals surface area contributed by atoms with E-state index in [2.05, 4.69) is 25.2 Å². The number of unbranched alkanes of at least 4 members (excludes halogenated alkanes) is 1. The molecule has 1 heteroatoms. The molecule has 14 heavy (non-hydrogen) atoms. The molecule has 0 aromatic rings. The van der Waals surface area contributed by atoms with Crippen LogP contribution < -0.4 is 0 Å². The second-order valence-electron chi connectivity index (χ2n) is 2.80. The third-order valence-electron chi connectivity index (χ3n) is 1.53. The first-order valence-electron chi connectivity index (χ1n) is 4.94. The SMILES string of the molecule is CCC/C=C/C/C=C/C=C/C=C/C#N. The standard InChI is InChI=1S/C13H17N/c1-2-3-4-5-6-7-8-9-10-11-12-13-14/h4-5,7-12H,2-3,6H2,1H3/b5-4+,8-7+,10-9+,12-11+. The average Bonchev–Trinajstić information content (AvgIpc) is 2.21. The van der Waals surface area contributed by atoms with E-state index in [0.717, 1.165) is 12.8 Å². The molecule has 1 nitrogen and oxygen atoms in total. The maximum Gasteiger partial charge on any atom is 0.0912 e. The van der Waals surface area contributed by atoms with Crippen molar-refractivity contribution >= 4 is 0 Å². The van der Waals surface area contributed by atoms with Crippen LogP contribution in [0.25, 0.3) is 0 Å². The highest BCUT2D eigenvalue weighted by atomic mass is 14.2. The number of hydrogen-bond acceptors (Lipinski definition) is 1. The zero-order valence-corrected chi connectivity index (χ0v) is 8.69. The number of nitrogens with zero attached hydrogens (tertiary/aromatic N) is 1. The number of allylic oxidation sites excluding steroid dienone is 8. The van der Waals surface area contributed by atoms with E-state index in [0.29, 0.717) is 0 Å². The van der Waals surface area contributed by atoms with Gasteiger partial charge >= 0.3 is 0 Å². The summed E-state index contributed by atoms with van der Waals surface area (Å²) in [4.78, 5) is 0. The first-order valence-corrected chi connectivity index (χ1v) is 4.94. The topological polar surface area (TPSA) is 23.8 Å². The quantitative estimate of drug-likeness (QED) is 0.351. The van der Waals surface area contributed by atoms with Gasteiger partial charge in [0.05, 0.1) is 6.07 Å². The molecule has 0 saturated heterocycles. The van der Waals surface area contributed by atoms with E-state index in [1.54, 1.807) is 6.08 Å². The van der Waals surface area contributed by atoms with Crippen LogP contribution in [0.5, 0.6) is 0 Å². The summed E-state index contributed by atoms with van der Waals surface area (Å²) < 4.78 is 0. The monoisotopic (exact) mass is 187 g/mol. The highest BCUT2D eigenvalue weighted by Gasteiger charge is 1.71. The molecule has 0 amide bonds. The molecular formula is C13H17N. The largest absolute Gasteiger partial charge is 0.193 e. The Morgan fingerprint density at radius 3 is 2.50 bits per heavy atom. The summed E-state index contributed by atoms with van der Waals surface area (Å²) in [6, 6.07) is 1.93. The normalized spacial score (nSPS) is 12.3. The summed E-state index contributed by atoms with van der Waals surface area (Å²) in [7, 11) is 0. The highest BCUT2D eigenvalue weighted by molar-refractivity contribution is 5.16. The van der Waals surface area contributed by atoms with Gasteiger partial charge in [-0.1, -0.05) is 55.9 Å². The molecule has 0 aliphatic carbocycles. The van der Waals surface area contributed by atoms with Crippen molar-refractivity contribution < 1.29 is 0 Å². The molecule has 74 valence electrons. The van der Waals surface area contributed by atoms with Crippen LogP contribution in [0.2, 0.25) is 0 Å². The summed E-state index contributed by atoms with van der Waals surface area (Å²) in [5.41, 5.74) is 0. The van der Waals surface area contributed by atoms with Crippen molar-refractivity contribution in [3.8, 4) is 6.07 Å². The van der Waals surface area contributed by atoms with Gasteiger partial charge in [-0.2, -0.15) is 5.26 Å². The molecule has 0 aliphatic rings. The number of nitriles is 1. The molecule has 0 aliphatic heterocycles. The smallest absolute Gasteiger partial charge is 0.0912 e. The molecule has 0 heterocycles. The van der Waals surface area contributed by atoms with Gasteiger partial charge in [-0.05, 0) is 12.8 Å². The van der Waals surface area contributed by atoms with Crippen LogP contribution in [0.4, 0.5) is 0 Å². The molecule has 0 atom stereocenters. The van der Waals surface area contributed by atoms with Crippen LogP contribution >= 0.6 is 0 Å². The summed E-state index contributed by atoms with van der Waals surface area (Å²) in [6.45, 7) is 2.17. The molecule has 0 aromatic heterocycles. The molecule has 0 fully saturated rings. The first-order chi connectivity index (χ1) is 6.91. The minimum absolute atomic E-state index is 0.978. The third-order valence-corrected chi connectivity index (χ3v) is 1.53. The third kappa shape index (κ3) is 10.4. The van der Waals surface area contributed by atoms with Gasteiger partial charge in [0.2, 0.25) is 0 Å². The molecule has 0 N–H and O–H groups in total. The van der Waals surface area contributed by atoms with Crippen molar-refractivity contribution in [2.24, 2.45) is 0 Å². The molecule has 0 rings (SSSR count). The van der Waals surface area contributed by atoms with Crippen molar-refractivity contribution in [1.82, 2.24) is 0 Å². The summed E-state index contributed by atoms with van der Waals surface area (Å²) >= 11 is 0. The molecule has 0 radical (unpaired) electrons. The molecule has 0 unspecified atom stereocenters. The van der Waals surface area contributed by atoms with Crippen molar-refractivity contribution in [1.29, 1.82) is 5.26 Å². The summed E-state index contributed by atoms with van der Waals surface area (Å²) in [5, 5.41) is 8.19. The fraction of sp³-hybridized carbons (Fsp3) is 0.308. The van der Waals surface area contributed by atoms with Gasteiger partial charge in [0, 0.05) is 6.08 Å². The maximum absolute atomic E-state index is 8.19. The van der Waals surface area contributed by atoms with Crippen molar-refractivity contribution in [2.75, 3.05) is 0 Å². The number of hydrogen-bond donors (Lipinski definition) is 0. The van der Waals surface area contributed by atoms with Crippen LogP contribution in [0.1, 0.15) is 26.2 Å². The second kappa shape index (κ2) is 11.4. The minimum atomic E-state index is 0.978. The lowest BCUT2D eigenvalue weighted by Gasteiger charge is -1.82. The van der Waals surface area contributed by atoms with Gasteiger partial charge in [-0.3, -0.25) is 0 Å². The fourth-order valence-corrected chi connectivity index (χ4v) is 0.843. The van der Waals surface area contributed by atoms with Gasteiger partial charge in [0.25, 0.3) is 0 Å². The van der Waals surface area contributed by atoms with Crippen LogP contribution in [0.3, 0.4) is 0 Å². The minimum Gasteiger partial charge on any atom is -0.193 e. The zero-order valence-electron chi connectivity index (χ0n) is 8.69. The molecular weight excluding hydrogens is 170 g/mol. The molecule has 0 bridgehead atoms. The van der Waals surface area contributed by atoms with Crippen molar-refractivity contribution in [3.63, 3.8) is 0 Å². The Labute approximate surface area is 86.8 Å². The number of rotatable bonds is 6. The molecule has 0 spiro atoms. The van der Waals surface area contributed by atoms with E-state index in [4.69, 9.17) is 5.26 Å². The van der Waals surface area contributed by atoms with E-state index in [1.165, 1.54) is 12.5 Å². The molecule has 0 saturated carbocycles. The van der Waals surface area contributed by atoms with Gasteiger partial charge < -0.3 is 0 Å². The van der Waals surface area contributed by atoms with Gasteiger partial charge in [0.1, 0.15) is 0 Å². The lowest BCUT2D eigenvalue weighted by molar-refractivity contribution is 0.954. The predicted molar refractivity (Wildman–Crippen MR) is 61.7 cm³/mol. The Balaban J connectivity index is 3.50. The Bertz CT molecular complexity index is 261. The van der Waals surface area contributed by atoms with Crippen LogP contribution in [0, 0.1) is 11.3 Å². The van der Waals surface area contributed by atoms with E-state index in [9.17, 15) is 0 Å². The second-order valence-corrected chi connectivity index (χ2v) is 2.80. The van der Waals surface area contributed by atoms with Gasteiger partial charge in [-0.15, -0.1) is 0 Å². The van der Waals surface area contributed by atoms with Crippen LogP contribution in [-0.2, 0) is 0 Å². The molecule has 0 aromatic carbocycles. The van der Waals surface area contributed by atoms with E-state index < -0.39 is 0 Å². The zero-order chi connectivity index (χ0) is 10.5. The Morgan fingerprint density at radius 2 is 1.79 bits per heavy atom. The van der Waals surface area contributed by atoms with E-state index >= 15 is 0 Å². The fourth-order valence-electron chi connectivity index (χ4n) is 0.843. The van der Waals surface area contributed by atoms with Crippen molar-refractivity contribution in [2.45, 2.75) is 26.2 Å². The van der Waals surface area contributed by atoms with Crippen LogP contribution in [-0.4, -0.2) is 0 Å². The average molecular weight is 187 g/mol. The van der Waals surface area contributed by atoms with Crippen molar-refractivity contribution in [3.05, 3.63) is 48.6 Å². The summed E-state index contributed by atoms with van der Waals surface area (Å²) in [6.07, 6.45) is 18.7. The van der Waals surface area contributed by atoms with E-state index in [1.807, 2.05) is 24.3 Å². The maximum atomic E-state index is 8.19. The van der Waals surface area contributed by atoms with E-state index in [-0.39, 0.29) is 0 Å². The first kappa shape index (κ1) is 12.4. The highest BCUT2D eigenvalue weighted by Crippen LogP contribution is 1.92. The Kier molecular flexibility index (Phi) is 10.2. The lowest BCUT2D eigenvalue weighted by Crippen LogP contribution is -1.61. The van der Waals surface area contributed by atoms with Crippen LogP contribution in [0.15, 0.2) is 48.6 Å². The Morgan fingerprint density at radius 1 is 1.00 bits per heavy atom. The summed E-state index contributed by atoms with van der Waals surface area (Å²) in [5.74, 6) is 0. The Hall–Kier alpha value is -1.55. The lowest BCUT2D eigenvalue weighted by atomic mass is 10.2. The van der Waals surface area contributed by atoms with Gasteiger partial charge in [-0.25, -0.2) is 0 Å². The van der Waals surface area contributed by atoms with Gasteiger partial charge in [0.15, 0.2) is 0 Å².